The van der Waals surface area contributed by atoms with Crippen LogP contribution in [0.25, 0.3) is 0 Å². The second-order valence-corrected chi connectivity index (χ2v) is 2.16. The first-order valence-corrected chi connectivity index (χ1v) is 3.30. The van der Waals surface area contributed by atoms with Crippen molar-refractivity contribution in [2.45, 2.75) is 0 Å². The fourth-order valence-corrected chi connectivity index (χ4v) is 0.877. The lowest BCUT2D eigenvalue weighted by Gasteiger charge is -2.02. The highest BCUT2D eigenvalue weighted by Gasteiger charge is 2.08. The van der Waals surface area contributed by atoms with E-state index in [1.807, 2.05) is 0 Å². The Bertz CT molecular complexity index is 290. The Kier molecular flexibility index (Phi) is 2.84. The molecular formula is C7H7BNO3. The van der Waals surface area contributed by atoms with Gasteiger partial charge in [-0.2, -0.15) is 0 Å². The van der Waals surface area contributed by atoms with Crippen molar-refractivity contribution in [3.05, 3.63) is 29.8 Å². The maximum absolute atomic E-state index is 10.9. The van der Waals surface area contributed by atoms with E-state index in [0.717, 1.165) is 7.48 Å². The van der Waals surface area contributed by atoms with Gasteiger partial charge < -0.3 is 5.02 Å². The van der Waals surface area contributed by atoms with Crippen LogP contribution in [0.1, 0.15) is 10.4 Å². The molecule has 0 saturated heterocycles. The molecule has 61 valence electrons. The topological polar surface area (TPSA) is 69.6 Å². The normalized spacial score (nSPS) is 9.17. The molecular weight excluding hydrogens is 157 g/mol. The van der Waals surface area contributed by atoms with E-state index >= 15 is 0 Å². The minimum atomic E-state index is -0.643. The van der Waals surface area contributed by atoms with E-state index in [1.165, 1.54) is 11.5 Å². The van der Waals surface area contributed by atoms with Crippen molar-refractivity contribution >= 4 is 18.9 Å². The number of rotatable bonds is 2. The molecule has 0 unspecified atom stereocenters. The van der Waals surface area contributed by atoms with E-state index in [1.54, 1.807) is 18.2 Å². The molecule has 1 amide bonds. The molecule has 1 rings (SSSR count). The van der Waals surface area contributed by atoms with Crippen molar-refractivity contribution in [2.75, 3.05) is 0 Å². The van der Waals surface area contributed by atoms with Crippen molar-refractivity contribution in [3.63, 3.8) is 0 Å². The van der Waals surface area contributed by atoms with Crippen LogP contribution in [0.4, 0.5) is 0 Å². The molecule has 0 heterocycles. The molecule has 0 aliphatic heterocycles. The molecule has 0 saturated carbocycles. The third kappa shape index (κ3) is 1.64. The number of benzene rings is 1. The molecule has 0 aliphatic carbocycles. The van der Waals surface area contributed by atoms with Crippen LogP contribution >= 0.6 is 0 Å². The monoisotopic (exact) mass is 164 g/mol. The summed E-state index contributed by atoms with van der Waals surface area (Å²) >= 11 is 0. The van der Waals surface area contributed by atoms with Gasteiger partial charge in [-0.05, 0) is 11.5 Å². The zero-order chi connectivity index (χ0) is 8.97. The minimum absolute atomic E-state index is 0.225. The standard InChI is InChI=1S/C7H7BNO3/c10-7(9-12)5-3-1-2-4-6(5)8-11/h1-4,11-12H,(H,9,10). The minimum Gasteiger partial charge on any atom is -0.450 e. The van der Waals surface area contributed by atoms with Crippen molar-refractivity contribution in [1.29, 1.82) is 0 Å². The lowest BCUT2D eigenvalue weighted by molar-refractivity contribution is 0.0707. The van der Waals surface area contributed by atoms with Crippen LogP contribution in [-0.2, 0) is 0 Å². The lowest BCUT2D eigenvalue weighted by atomic mass is 9.84. The summed E-state index contributed by atoms with van der Waals surface area (Å²) in [5.74, 6) is -0.643. The first-order chi connectivity index (χ1) is 5.79. The predicted molar refractivity (Wildman–Crippen MR) is 43.3 cm³/mol. The number of carbonyl (C=O) groups excluding carboxylic acids is 1. The molecule has 0 aliphatic rings. The lowest BCUT2D eigenvalue weighted by Crippen LogP contribution is -2.29. The molecule has 5 heteroatoms. The van der Waals surface area contributed by atoms with E-state index < -0.39 is 5.91 Å². The quantitative estimate of drug-likeness (QED) is 0.299. The number of carbonyl (C=O) groups is 1. The Labute approximate surface area is 70.1 Å². The third-order valence-corrected chi connectivity index (χ3v) is 1.45. The van der Waals surface area contributed by atoms with Gasteiger partial charge in [-0.25, -0.2) is 5.48 Å². The van der Waals surface area contributed by atoms with Crippen LogP contribution in [0.15, 0.2) is 24.3 Å². The summed E-state index contributed by atoms with van der Waals surface area (Å²) in [6, 6.07) is 6.37. The first kappa shape index (κ1) is 8.77. The van der Waals surface area contributed by atoms with Gasteiger partial charge in [-0.1, -0.05) is 18.2 Å². The Morgan fingerprint density at radius 1 is 1.42 bits per heavy atom. The molecule has 0 spiro atoms. The maximum Gasteiger partial charge on any atom is 0.327 e. The molecule has 3 N–H and O–H groups in total. The summed E-state index contributed by atoms with van der Waals surface area (Å²) < 4.78 is 0. The number of amides is 1. The second-order valence-electron chi connectivity index (χ2n) is 2.16. The van der Waals surface area contributed by atoms with Crippen molar-refractivity contribution in [1.82, 2.24) is 5.48 Å². The molecule has 1 radical (unpaired) electrons. The average Bonchev–Trinajstić information content (AvgIpc) is 2.16. The highest BCUT2D eigenvalue weighted by atomic mass is 16.5. The van der Waals surface area contributed by atoms with Crippen molar-refractivity contribution in [2.24, 2.45) is 0 Å². The van der Waals surface area contributed by atoms with Gasteiger partial charge >= 0.3 is 7.48 Å². The van der Waals surface area contributed by atoms with Gasteiger partial charge in [-0.3, -0.25) is 10.0 Å². The van der Waals surface area contributed by atoms with E-state index in [-0.39, 0.29) is 5.56 Å². The zero-order valence-electron chi connectivity index (χ0n) is 6.19. The SMILES string of the molecule is O=C(NO)c1ccccc1[B]O. The molecule has 0 bridgehead atoms. The van der Waals surface area contributed by atoms with Gasteiger partial charge in [0.25, 0.3) is 5.91 Å². The van der Waals surface area contributed by atoms with Crippen LogP contribution in [0.3, 0.4) is 0 Å². The van der Waals surface area contributed by atoms with Crippen LogP contribution in [0.2, 0.25) is 0 Å². The van der Waals surface area contributed by atoms with E-state index in [2.05, 4.69) is 0 Å². The fraction of sp³-hybridized carbons (Fsp3) is 0. The molecule has 1 aromatic carbocycles. The van der Waals surface area contributed by atoms with Crippen LogP contribution in [0, 0.1) is 0 Å². The Morgan fingerprint density at radius 3 is 2.67 bits per heavy atom. The summed E-state index contributed by atoms with van der Waals surface area (Å²) in [6.07, 6.45) is 0. The predicted octanol–water partition coefficient (Wildman–Crippen LogP) is -0.958. The highest BCUT2D eigenvalue weighted by molar-refractivity contribution is 6.48. The van der Waals surface area contributed by atoms with E-state index in [9.17, 15) is 4.79 Å². The molecule has 0 atom stereocenters. The van der Waals surface area contributed by atoms with Gasteiger partial charge in [0.2, 0.25) is 0 Å². The first-order valence-electron chi connectivity index (χ1n) is 3.30. The fourth-order valence-electron chi connectivity index (χ4n) is 0.877. The summed E-state index contributed by atoms with van der Waals surface area (Å²) in [5.41, 5.74) is 2.08. The molecule has 1 aromatic rings. The number of nitrogens with one attached hydrogen (secondary N) is 1. The van der Waals surface area contributed by atoms with Crippen molar-refractivity contribution < 1.29 is 15.0 Å². The Morgan fingerprint density at radius 2 is 2.08 bits per heavy atom. The zero-order valence-corrected chi connectivity index (χ0v) is 6.19. The van der Waals surface area contributed by atoms with Crippen LogP contribution in [-0.4, -0.2) is 23.6 Å². The molecule has 4 nitrogen and oxygen atoms in total. The second kappa shape index (κ2) is 3.89. The van der Waals surface area contributed by atoms with E-state index in [0.29, 0.717) is 5.46 Å². The van der Waals surface area contributed by atoms with Gasteiger partial charge in [0, 0.05) is 5.56 Å². The largest absolute Gasteiger partial charge is 0.450 e. The summed E-state index contributed by atoms with van der Waals surface area (Å²) in [7, 11) is 0.810. The van der Waals surface area contributed by atoms with Crippen LogP contribution in [0.5, 0.6) is 0 Å². The molecule has 0 fully saturated rings. The van der Waals surface area contributed by atoms with Gasteiger partial charge in [0.1, 0.15) is 0 Å². The third-order valence-electron chi connectivity index (χ3n) is 1.45. The van der Waals surface area contributed by atoms with Crippen LogP contribution < -0.4 is 10.9 Å². The van der Waals surface area contributed by atoms with Gasteiger partial charge in [-0.15, -0.1) is 0 Å². The van der Waals surface area contributed by atoms with Gasteiger partial charge in [0.05, 0.1) is 0 Å². The number of hydrogen-bond donors (Lipinski definition) is 3. The summed E-state index contributed by atoms with van der Waals surface area (Å²) in [5, 5.41) is 17.0. The Hall–Kier alpha value is -1.33. The van der Waals surface area contributed by atoms with Gasteiger partial charge in [0.15, 0.2) is 0 Å². The van der Waals surface area contributed by atoms with E-state index in [4.69, 9.17) is 10.2 Å². The molecule has 0 aromatic heterocycles. The number of hydroxylamine groups is 1. The number of hydrogen-bond acceptors (Lipinski definition) is 3. The average molecular weight is 164 g/mol. The summed E-state index contributed by atoms with van der Waals surface area (Å²) in [4.78, 5) is 10.9. The Balaban J connectivity index is 3.04. The maximum atomic E-state index is 10.9. The van der Waals surface area contributed by atoms with Crippen molar-refractivity contribution in [3.8, 4) is 0 Å². The molecule has 12 heavy (non-hydrogen) atoms. The smallest absolute Gasteiger partial charge is 0.327 e. The highest BCUT2D eigenvalue weighted by Crippen LogP contribution is 1.94. The summed E-state index contributed by atoms with van der Waals surface area (Å²) in [6.45, 7) is 0.